The van der Waals surface area contributed by atoms with Crippen LogP contribution in [0.5, 0.6) is 5.75 Å². The van der Waals surface area contributed by atoms with Crippen molar-refractivity contribution in [3.8, 4) is 5.75 Å². The number of benzene rings is 2. The van der Waals surface area contributed by atoms with Crippen molar-refractivity contribution in [3.05, 3.63) is 63.7 Å². The lowest BCUT2D eigenvalue weighted by Crippen LogP contribution is -2.36. The summed E-state index contributed by atoms with van der Waals surface area (Å²) >= 11 is 0. The minimum absolute atomic E-state index is 0.0906. The average molecular weight is 348 g/mol. The molecule has 0 fully saturated rings. The molecule has 6 nitrogen and oxygen atoms in total. The standard InChI is InChI=1S/C17H14F2N2O4/c18-17(19)25-14-9-3-5-11-6-4-10-20(15(11)14)16(22)12-7-1-2-8-13(12)21(23)24/h1-3,5,7-9,17H,4,6,10H2. The number of carbonyl (C=O) groups is 1. The summed E-state index contributed by atoms with van der Waals surface area (Å²) in [6.45, 7) is -2.77. The first-order chi connectivity index (χ1) is 12.0. The molecule has 3 rings (SSSR count). The first-order valence-corrected chi connectivity index (χ1v) is 7.61. The number of halogens is 2. The number of hydrogen-bond donors (Lipinski definition) is 0. The molecule has 0 spiro atoms. The first-order valence-electron chi connectivity index (χ1n) is 7.61. The predicted molar refractivity (Wildman–Crippen MR) is 86.2 cm³/mol. The zero-order valence-corrected chi connectivity index (χ0v) is 13.0. The van der Waals surface area contributed by atoms with Crippen molar-refractivity contribution in [1.29, 1.82) is 0 Å². The van der Waals surface area contributed by atoms with E-state index in [1.54, 1.807) is 12.1 Å². The van der Waals surface area contributed by atoms with Gasteiger partial charge in [0.15, 0.2) is 0 Å². The third-order valence-corrected chi connectivity index (χ3v) is 3.97. The zero-order valence-electron chi connectivity index (χ0n) is 13.0. The van der Waals surface area contributed by atoms with E-state index in [1.165, 1.54) is 35.2 Å². The summed E-state index contributed by atoms with van der Waals surface area (Å²) in [6, 6.07) is 10.2. The Balaban J connectivity index is 2.07. The fraction of sp³-hybridized carbons (Fsp3) is 0.235. The van der Waals surface area contributed by atoms with Crippen molar-refractivity contribution >= 4 is 17.3 Å². The van der Waals surface area contributed by atoms with E-state index in [-0.39, 0.29) is 29.2 Å². The smallest absolute Gasteiger partial charge is 0.387 e. The fourth-order valence-corrected chi connectivity index (χ4v) is 2.97. The van der Waals surface area contributed by atoms with E-state index in [4.69, 9.17) is 0 Å². The van der Waals surface area contributed by atoms with Gasteiger partial charge in [0, 0.05) is 12.6 Å². The molecule has 0 bridgehead atoms. The van der Waals surface area contributed by atoms with E-state index in [9.17, 15) is 23.7 Å². The molecule has 130 valence electrons. The number of anilines is 1. The number of aryl methyl sites for hydroxylation is 1. The van der Waals surface area contributed by atoms with Gasteiger partial charge in [-0.2, -0.15) is 8.78 Å². The van der Waals surface area contributed by atoms with Crippen molar-refractivity contribution in [1.82, 2.24) is 0 Å². The van der Waals surface area contributed by atoms with Crippen LogP contribution in [0, 0.1) is 10.1 Å². The molecular weight excluding hydrogens is 334 g/mol. The number of nitrogens with zero attached hydrogens (tertiary/aromatic N) is 2. The SMILES string of the molecule is O=C(c1ccccc1[N+](=O)[O-])N1CCCc2cccc(OC(F)F)c21. The molecule has 0 unspecified atom stereocenters. The van der Waals surface area contributed by atoms with Crippen LogP contribution in [-0.2, 0) is 6.42 Å². The molecule has 1 aliphatic heterocycles. The Bertz CT molecular complexity index is 826. The van der Waals surface area contributed by atoms with Crippen LogP contribution < -0.4 is 9.64 Å². The lowest BCUT2D eigenvalue weighted by Gasteiger charge is -2.31. The quantitative estimate of drug-likeness (QED) is 0.622. The van der Waals surface area contributed by atoms with Crippen LogP contribution in [0.4, 0.5) is 20.2 Å². The monoisotopic (exact) mass is 348 g/mol. The van der Waals surface area contributed by atoms with Crippen LogP contribution in [0.2, 0.25) is 0 Å². The highest BCUT2D eigenvalue weighted by Gasteiger charge is 2.31. The summed E-state index contributed by atoms with van der Waals surface area (Å²) in [5.41, 5.74) is 0.521. The number of fused-ring (bicyclic) bond motifs is 1. The topological polar surface area (TPSA) is 72.7 Å². The van der Waals surface area contributed by atoms with E-state index in [0.717, 1.165) is 0 Å². The highest BCUT2D eigenvalue weighted by molar-refractivity contribution is 6.10. The number of nitro groups is 1. The van der Waals surface area contributed by atoms with Crippen molar-refractivity contribution < 1.29 is 23.2 Å². The van der Waals surface area contributed by atoms with E-state index in [2.05, 4.69) is 4.74 Å². The number of ether oxygens (including phenoxy) is 1. The second kappa shape index (κ2) is 6.84. The maximum Gasteiger partial charge on any atom is 0.387 e. The number of carbonyl (C=O) groups excluding carboxylic acids is 1. The van der Waals surface area contributed by atoms with E-state index >= 15 is 0 Å². The molecule has 0 N–H and O–H groups in total. The number of alkyl halides is 2. The Kier molecular flexibility index (Phi) is 4.60. The molecule has 8 heteroatoms. The highest BCUT2D eigenvalue weighted by Crippen LogP contribution is 2.38. The van der Waals surface area contributed by atoms with Gasteiger partial charge in [0.2, 0.25) is 0 Å². The molecule has 1 amide bonds. The third-order valence-electron chi connectivity index (χ3n) is 3.97. The number of nitro benzene ring substituents is 1. The van der Waals surface area contributed by atoms with Crippen LogP contribution in [0.1, 0.15) is 22.3 Å². The summed E-state index contributed by atoms with van der Waals surface area (Å²) in [6.07, 6.45) is 1.23. The van der Waals surface area contributed by atoms with Gasteiger partial charge in [-0.3, -0.25) is 14.9 Å². The Morgan fingerprint density at radius 3 is 2.68 bits per heavy atom. The van der Waals surface area contributed by atoms with Crippen molar-refractivity contribution in [3.63, 3.8) is 0 Å². The van der Waals surface area contributed by atoms with Crippen LogP contribution in [0.3, 0.4) is 0 Å². The zero-order chi connectivity index (χ0) is 18.0. The summed E-state index contributed by atoms with van der Waals surface area (Å²) in [5, 5.41) is 11.2. The molecule has 1 aliphatic rings. The summed E-state index contributed by atoms with van der Waals surface area (Å²) in [5.74, 6) is -0.724. The Hall–Kier alpha value is -3.03. The van der Waals surface area contributed by atoms with Gasteiger partial charge < -0.3 is 9.64 Å². The second-order valence-electron chi connectivity index (χ2n) is 5.48. The second-order valence-corrected chi connectivity index (χ2v) is 5.48. The summed E-state index contributed by atoms with van der Waals surface area (Å²) in [7, 11) is 0. The third kappa shape index (κ3) is 3.28. The van der Waals surface area contributed by atoms with Crippen LogP contribution in [0.25, 0.3) is 0 Å². The van der Waals surface area contributed by atoms with E-state index in [1.807, 2.05) is 0 Å². The Morgan fingerprint density at radius 2 is 1.96 bits per heavy atom. The van der Waals surface area contributed by atoms with E-state index in [0.29, 0.717) is 18.4 Å². The molecule has 0 aromatic heterocycles. The van der Waals surface area contributed by atoms with Crippen molar-refractivity contribution in [2.75, 3.05) is 11.4 Å². The first kappa shape index (κ1) is 16.8. The molecule has 1 heterocycles. The molecular formula is C17H14F2N2O4. The number of para-hydroxylation sites is 2. The largest absolute Gasteiger partial charge is 0.433 e. The fourth-order valence-electron chi connectivity index (χ4n) is 2.97. The van der Waals surface area contributed by atoms with Crippen molar-refractivity contribution in [2.45, 2.75) is 19.5 Å². The van der Waals surface area contributed by atoms with Gasteiger partial charge in [0.05, 0.1) is 10.6 Å². The summed E-state index contributed by atoms with van der Waals surface area (Å²) < 4.78 is 29.9. The Labute approximate surface area is 141 Å². The van der Waals surface area contributed by atoms with Gasteiger partial charge in [0.25, 0.3) is 11.6 Å². The molecule has 0 saturated heterocycles. The van der Waals surface area contributed by atoms with Gasteiger partial charge >= 0.3 is 6.61 Å². The molecule has 25 heavy (non-hydrogen) atoms. The molecule has 0 atom stereocenters. The number of hydrogen-bond acceptors (Lipinski definition) is 4. The molecule has 0 saturated carbocycles. The lowest BCUT2D eigenvalue weighted by molar-refractivity contribution is -0.385. The minimum atomic E-state index is -3.03. The van der Waals surface area contributed by atoms with Crippen molar-refractivity contribution in [2.24, 2.45) is 0 Å². The predicted octanol–water partition coefficient (Wildman–Crippen LogP) is 3.79. The van der Waals surface area contributed by atoms with Gasteiger partial charge in [-0.05, 0) is 30.5 Å². The molecule has 2 aromatic carbocycles. The van der Waals surface area contributed by atoms with Crippen LogP contribution >= 0.6 is 0 Å². The maximum atomic E-state index is 12.9. The number of amides is 1. The molecule has 0 radical (unpaired) electrons. The van der Waals surface area contributed by atoms with Gasteiger partial charge in [-0.1, -0.05) is 24.3 Å². The average Bonchev–Trinajstić information content (AvgIpc) is 2.60. The minimum Gasteiger partial charge on any atom is -0.433 e. The molecule has 0 aliphatic carbocycles. The van der Waals surface area contributed by atoms with E-state index < -0.39 is 17.4 Å². The van der Waals surface area contributed by atoms with Gasteiger partial charge in [-0.15, -0.1) is 0 Å². The summed E-state index contributed by atoms with van der Waals surface area (Å²) in [4.78, 5) is 24.7. The Morgan fingerprint density at radius 1 is 1.20 bits per heavy atom. The maximum absolute atomic E-state index is 12.9. The van der Waals surface area contributed by atoms with Gasteiger partial charge in [-0.25, -0.2) is 0 Å². The highest BCUT2D eigenvalue weighted by atomic mass is 19.3. The van der Waals surface area contributed by atoms with Crippen LogP contribution in [-0.4, -0.2) is 24.0 Å². The lowest BCUT2D eigenvalue weighted by atomic mass is 9.99. The number of rotatable bonds is 4. The van der Waals surface area contributed by atoms with Crippen LogP contribution in [0.15, 0.2) is 42.5 Å². The normalized spacial score (nSPS) is 13.5. The molecule has 2 aromatic rings. The van der Waals surface area contributed by atoms with Gasteiger partial charge in [0.1, 0.15) is 11.3 Å².